The standard InChI is InChI=1S/C26H24O/c1-2-25(22-16-10-5-11-17-22)26(27)18-23(20-12-6-3-7-13-20)24(19-26)21-14-8-4-9-15-21/h2-18,24-25,27H,1,19H2. The summed E-state index contributed by atoms with van der Waals surface area (Å²) in [5, 5.41) is 11.7. The summed E-state index contributed by atoms with van der Waals surface area (Å²) < 4.78 is 0. The Bertz CT molecular complexity index is 928. The molecule has 0 amide bonds. The van der Waals surface area contributed by atoms with E-state index in [1.165, 1.54) is 11.1 Å². The minimum atomic E-state index is -0.964. The van der Waals surface area contributed by atoms with Crippen LogP contribution in [-0.2, 0) is 0 Å². The lowest BCUT2D eigenvalue weighted by atomic mass is 9.79. The second kappa shape index (κ2) is 7.38. The van der Waals surface area contributed by atoms with Gasteiger partial charge in [-0.05, 0) is 34.8 Å². The maximum Gasteiger partial charge on any atom is 0.0945 e. The highest BCUT2D eigenvalue weighted by molar-refractivity contribution is 5.75. The molecule has 3 atom stereocenters. The first-order chi connectivity index (χ1) is 13.2. The zero-order valence-electron chi connectivity index (χ0n) is 15.3. The van der Waals surface area contributed by atoms with Gasteiger partial charge in [-0.1, -0.05) is 97.1 Å². The summed E-state index contributed by atoms with van der Waals surface area (Å²) in [6.45, 7) is 4.03. The third-order valence-corrected chi connectivity index (χ3v) is 5.55. The van der Waals surface area contributed by atoms with Gasteiger partial charge in [-0.3, -0.25) is 0 Å². The van der Waals surface area contributed by atoms with Gasteiger partial charge in [-0.25, -0.2) is 0 Å². The van der Waals surface area contributed by atoms with Crippen LogP contribution in [0.1, 0.15) is 34.9 Å². The topological polar surface area (TPSA) is 20.2 Å². The number of rotatable bonds is 5. The van der Waals surface area contributed by atoms with E-state index < -0.39 is 5.60 Å². The Labute approximate surface area is 161 Å². The summed E-state index contributed by atoms with van der Waals surface area (Å²) in [7, 11) is 0. The van der Waals surface area contributed by atoms with Crippen molar-refractivity contribution in [2.45, 2.75) is 23.9 Å². The second-order valence-corrected chi connectivity index (χ2v) is 7.25. The third-order valence-electron chi connectivity index (χ3n) is 5.55. The zero-order valence-corrected chi connectivity index (χ0v) is 15.3. The lowest BCUT2D eigenvalue weighted by Gasteiger charge is -2.30. The minimum Gasteiger partial charge on any atom is -0.385 e. The van der Waals surface area contributed by atoms with Gasteiger partial charge in [0.15, 0.2) is 0 Å². The van der Waals surface area contributed by atoms with Crippen molar-refractivity contribution in [1.29, 1.82) is 0 Å². The maximum atomic E-state index is 11.7. The monoisotopic (exact) mass is 352 g/mol. The molecule has 3 aromatic carbocycles. The van der Waals surface area contributed by atoms with E-state index >= 15 is 0 Å². The van der Waals surface area contributed by atoms with Crippen molar-refractivity contribution < 1.29 is 5.11 Å². The van der Waals surface area contributed by atoms with Crippen molar-refractivity contribution in [3.05, 3.63) is 126 Å². The van der Waals surface area contributed by atoms with Crippen LogP contribution in [0.3, 0.4) is 0 Å². The molecule has 0 aromatic heterocycles. The maximum absolute atomic E-state index is 11.7. The largest absolute Gasteiger partial charge is 0.385 e. The van der Waals surface area contributed by atoms with Crippen LogP contribution in [0, 0.1) is 0 Å². The first-order valence-corrected chi connectivity index (χ1v) is 9.44. The first-order valence-electron chi connectivity index (χ1n) is 9.44. The normalized spacial score (nSPS) is 22.9. The Balaban J connectivity index is 1.80. The quantitative estimate of drug-likeness (QED) is 0.562. The van der Waals surface area contributed by atoms with E-state index in [0.29, 0.717) is 6.42 Å². The zero-order chi connectivity index (χ0) is 18.7. The van der Waals surface area contributed by atoms with Crippen molar-refractivity contribution in [1.82, 2.24) is 0 Å². The summed E-state index contributed by atoms with van der Waals surface area (Å²) in [5.41, 5.74) is 3.71. The van der Waals surface area contributed by atoms with Gasteiger partial charge in [0.2, 0.25) is 0 Å². The highest BCUT2D eigenvalue weighted by Crippen LogP contribution is 2.50. The van der Waals surface area contributed by atoms with Crippen molar-refractivity contribution in [3.8, 4) is 0 Å². The molecule has 1 aliphatic rings. The molecule has 134 valence electrons. The van der Waals surface area contributed by atoms with Crippen LogP contribution in [-0.4, -0.2) is 10.7 Å². The Morgan fingerprint density at radius 1 is 0.852 bits per heavy atom. The molecule has 1 heteroatoms. The van der Waals surface area contributed by atoms with E-state index in [1.807, 2.05) is 36.4 Å². The molecule has 4 rings (SSSR count). The van der Waals surface area contributed by atoms with Crippen LogP contribution >= 0.6 is 0 Å². The summed E-state index contributed by atoms with van der Waals surface area (Å²) in [4.78, 5) is 0. The van der Waals surface area contributed by atoms with Crippen LogP contribution in [0.5, 0.6) is 0 Å². The van der Waals surface area contributed by atoms with Crippen molar-refractivity contribution in [3.63, 3.8) is 0 Å². The molecule has 0 aliphatic heterocycles. The molecule has 27 heavy (non-hydrogen) atoms. The molecule has 1 nitrogen and oxygen atoms in total. The lowest BCUT2D eigenvalue weighted by molar-refractivity contribution is 0.0723. The molecular weight excluding hydrogens is 328 g/mol. The number of aliphatic hydroxyl groups is 1. The van der Waals surface area contributed by atoms with Crippen LogP contribution in [0.4, 0.5) is 0 Å². The third kappa shape index (κ3) is 3.39. The lowest BCUT2D eigenvalue weighted by Crippen LogP contribution is -2.31. The molecule has 0 heterocycles. The Kier molecular flexibility index (Phi) is 4.79. The van der Waals surface area contributed by atoms with Gasteiger partial charge in [0, 0.05) is 11.8 Å². The van der Waals surface area contributed by atoms with E-state index in [-0.39, 0.29) is 11.8 Å². The fraction of sp³-hybridized carbons (Fsp3) is 0.154. The molecule has 0 radical (unpaired) electrons. The molecule has 3 aromatic rings. The smallest absolute Gasteiger partial charge is 0.0945 e. The molecular formula is C26H24O. The molecule has 3 unspecified atom stereocenters. The summed E-state index contributed by atoms with van der Waals surface area (Å²) >= 11 is 0. The predicted molar refractivity (Wildman–Crippen MR) is 113 cm³/mol. The Hall–Kier alpha value is -2.90. The number of hydrogen-bond acceptors (Lipinski definition) is 1. The molecule has 0 saturated heterocycles. The van der Waals surface area contributed by atoms with Gasteiger partial charge in [-0.15, -0.1) is 6.58 Å². The van der Waals surface area contributed by atoms with E-state index in [4.69, 9.17) is 0 Å². The van der Waals surface area contributed by atoms with Crippen LogP contribution in [0.15, 0.2) is 110 Å². The van der Waals surface area contributed by atoms with Crippen molar-refractivity contribution >= 4 is 5.57 Å². The van der Waals surface area contributed by atoms with Crippen molar-refractivity contribution in [2.24, 2.45) is 0 Å². The predicted octanol–water partition coefficient (Wildman–Crippen LogP) is 5.96. The van der Waals surface area contributed by atoms with Crippen LogP contribution in [0.2, 0.25) is 0 Å². The second-order valence-electron chi connectivity index (χ2n) is 7.25. The fourth-order valence-electron chi connectivity index (χ4n) is 4.27. The number of hydrogen-bond donors (Lipinski definition) is 1. The van der Waals surface area contributed by atoms with E-state index in [1.54, 1.807) is 0 Å². The molecule has 1 aliphatic carbocycles. The average molecular weight is 352 g/mol. The van der Waals surface area contributed by atoms with E-state index in [9.17, 15) is 5.11 Å². The minimum absolute atomic E-state index is 0.147. The SMILES string of the molecule is C=CC(c1ccccc1)C1(O)C=C(c2ccccc2)C(c2ccccc2)C1. The molecule has 0 spiro atoms. The number of allylic oxidation sites excluding steroid dienone is 1. The Morgan fingerprint density at radius 3 is 2.00 bits per heavy atom. The highest BCUT2D eigenvalue weighted by atomic mass is 16.3. The van der Waals surface area contributed by atoms with Gasteiger partial charge < -0.3 is 5.11 Å². The highest BCUT2D eigenvalue weighted by Gasteiger charge is 2.43. The Morgan fingerprint density at radius 2 is 1.41 bits per heavy atom. The molecule has 1 N–H and O–H groups in total. The van der Waals surface area contributed by atoms with Crippen LogP contribution in [0.25, 0.3) is 5.57 Å². The average Bonchev–Trinajstić information content (AvgIpc) is 3.09. The summed E-state index contributed by atoms with van der Waals surface area (Å²) in [6, 6.07) is 31.0. The van der Waals surface area contributed by atoms with Gasteiger partial charge in [0.1, 0.15) is 0 Å². The van der Waals surface area contributed by atoms with Crippen molar-refractivity contribution in [2.75, 3.05) is 0 Å². The molecule has 0 fully saturated rings. The van der Waals surface area contributed by atoms with E-state index in [2.05, 4.69) is 73.3 Å². The molecule has 0 saturated carbocycles. The molecule has 0 bridgehead atoms. The number of benzene rings is 3. The van der Waals surface area contributed by atoms with Crippen LogP contribution < -0.4 is 0 Å². The summed E-state index contributed by atoms with van der Waals surface area (Å²) in [5.74, 6) is 0.0101. The van der Waals surface area contributed by atoms with Gasteiger partial charge in [0.05, 0.1) is 5.60 Å². The first kappa shape index (κ1) is 17.5. The van der Waals surface area contributed by atoms with Gasteiger partial charge >= 0.3 is 0 Å². The fourth-order valence-corrected chi connectivity index (χ4v) is 4.27. The summed E-state index contributed by atoms with van der Waals surface area (Å²) in [6.07, 6.45) is 4.59. The van der Waals surface area contributed by atoms with E-state index in [0.717, 1.165) is 11.1 Å². The van der Waals surface area contributed by atoms with Gasteiger partial charge in [-0.2, -0.15) is 0 Å². The van der Waals surface area contributed by atoms with Gasteiger partial charge in [0.25, 0.3) is 0 Å².